The highest BCUT2D eigenvalue weighted by atomic mass is 32.2. The van der Waals surface area contributed by atoms with Gasteiger partial charge in [-0.1, -0.05) is 12.1 Å². The molecule has 0 aliphatic carbocycles. The summed E-state index contributed by atoms with van der Waals surface area (Å²) in [6.45, 7) is 0. The summed E-state index contributed by atoms with van der Waals surface area (Å²) in [5, 5.41) is 2.64. The maximum Gasteiger partial charge on any atom is 0.340 e. The van der Waals surface area contributed by atoms with Gasteiger partial charge in [0, 0.05) is 24.0 Å². The first-order valence-corrected chi connectivity index (χ1v) is 10.2. The van der Waals surface area contributed by atoms with Crippen LogP contribution < -0.4 is 14.8 Å². The minimum atomic E-state index is -3.17. The number of carbonyl (C=O) groups excluding carboxylic acids is 2. The zero-order valence-electron chi connectivity index (χ0n) is 15.9. The summed E-state index contributed by atoms with van der Waals surface area (Å²) < 4.78 is 37.9. The highest BCUT2D eigenvalue weighted by Crippen LogP contribution is 2.34. The molecule has 150 valence electrons. The van der Waals surface area contributed by atoms with Gasteiger partial charge in [0.15, 0.2) is 21.3 Å². The normalized spacial score (nSPS) is 10.9. The van der Waals surface area contributed by atoms with Crippen molar-refractivity contribution in [2.24, 2.45) is 0 Å². The Morgan fingerprint density at radius 1 is 0.964 bits per heavy atom. The first-order chi connectivity index (χ1) is 13.2. The Bertz CT molecular complexity index is 982. The lowest BCUT2D eigenvalue weighted by Crippen LogP contribution is -2.16. The van der Waals surface area contributed by atoms with Crippen LogP contribution in [-0.4, -0.2) is 47.9 Å². The van der Waals surface area contributed by atoms with Crippen LogP contribution in [0.4, 0.5) is 5.69 Å². The third-order valence-electron chi connectivity index (χ3n) is 3.82. The van der Waals surface area contributed by atoms with Crippen LogP contribution in [-0.2, 0) is 20.3 Å². The Morgan fingerprint density at radius 3 is 2.04 bits per heavy atom. The summed E-state index contributed by atoms with van der Waals surface area (Å²) in [4.78, 5) is 24.6. The molecule has 0 bridgehead atoms. The molecule has 2 aromatic carbocycles. The van der Waals surface area contributed by atoms with Crippen molar-refractivity contribution < 1.29 is 32.2 Å². The fourth-order valence-corrected chi connectivity index (χ4v) is 3.31. The van der Waals surface area contributed by atoms with E-state index in [-0.39, 0.29) is 17.0 Å². The SMILES string of the molecule is COC(=O)c1cc(OC)c(OC)cc1NC(=O)c1ccc(CS(C)(=O)=O)cc1. The smallest absolute Gasteiger partial charge is 0.340 e. The summed E-state index contributed by atoms with van der Waals surface area (Å²) in [5.74, 6) is -0.611. The van der Waals surface area contributed by atoms with Crippen molar-refractivity contribution in [1.82, 2.24) is 0 Å². The molecule has 0 radical (unpaired) electrons. The number of hydrogen-bond donors (Lipinski definition) is 1. The van der Waals surface area contributed by atoms with E-state index < -0.39 is 21.7 Å². The highest BCUT2D eigenvalue weighted by Gasteiger charge is 2.19. The van der Waals surface area contributed by atoms with E-state index >= 15 is 0 Å². The summed E-state index contributed by atoms with van der Waals surface area (Å²) >= 11 is 0. The van der Waals surface area contributed by atoms with Crippen LogP contribution >= 0.6 is 0 Å². The Kier molecular flexibility index (Phi) is 6.63. The predicted molar refractivity (Wildman–Crippen MR) is 104 cm³/mol. The number of amides is 1. The lowest BCUT2D eigenvalue weighted by molar-refractivity contribution is 0.0601. The van der Waals surface area contributed by atoms with E-state index in [1.807, 2.05) is 0 Å². The Morgan fingerprint density at radius 2 is 1.54 bits per heavy atom. The quantitative estimate of drug-likeness (QED) is 0.702. The van der Waals surface area contributed by atoms with Gasteiger partial charge in [-0.05, 0) is 17.7 Å². The number of hydrogen-bond acceptors (Lipinski definition) is 7. The van der Waals surface area contributed by atoms with E-state index in [0.717, 1.165) is 6.26 Å². The molecule has 0 heterocycles. The number of nitrogens with one attached hydrogen (secondary N) is 1. The van der Waals surface area contributed by atoms with Gasteiger partial charge in [0.25, 0.3) is 5.91 Å². The zero-order chi connectivity index (χ0) is 20.9. The molecule has 1 amide bonds. The fourth-order valence-electron chi connectivity index (χ4n) is 2.51. The third kappa shape index (κ3) is 5.23. The van der Waals surface area contributed by atoms with Gasteiger partial charge >= 0.3 is 5.97 Å². The molecule has 0 unspecified atom stereocenters. The second kappa shape index (κ2) is 8.75. The Hall–Kier alpha value is -3.07. The number of rotatable bonds is 7. The molecule has 0 aromatic heterocycles. The van der Waals surface area contributed by atoms with E-state index in [2.05, 4.69) is 5.32 Å². The van der Waals surface area contributed by atoms with Gasteiger partial charge in [0.1, 0.15) is 0 Å². The number of benzene rings is 2. The molecule has 0 saturated heterocycles. The molecule has 0 aliphatic rings. The average Bonchev–Trinajstić information content (AvgIpc) is 2.66. The largest absolute Gasteiger partial charge is 0.493 e. The first kappa shape index (κ1) is 21.2. The van der Waals surface area contributed by atoms with Gasteiger partial charge < -0.3 is 19.5 Å². The van der Waals surface area contributed by atoms with Gasteiger partial charge in [-0.3, -0.25) is 4.79 Å². The third-order valence-corrected chi connectivity index (χ3v) is 4.68. The molecule has 8 nitrogen and oxygen atoms in total. The van der Waals surface area contributed by atoms with Gasteiger partial charge in [-0.2, -0.15) is 0 Å². The minimum Gasteiger partial charge on any atom is -0.493 e. The molecule has 28 heavy (non-hydrogen) atoms. The van der Waals surface area contributed by atoms with Crippen LogP contribution in [0.2, 0.25) is 0 Å². The standard InChI is InChI=1S/C19H21NO7S/c1-25-16-9-14(19(22)27-3)15(10-17(16)26-2)20-18(21)13-7-5-12(6-8-13)11-28(4,23)24/h5-10H,11H2,1-4H3,(H,20,21). The second-order valence-corrected chi connectivity index (χ2v) is 8.11. The Labute approximate surface area is 163 Å². The van der Waals surface area contributed by atoms with Gasteiger partial charge in [-0.15, -0.1) is 0 Å². The highest BCUT2D eigenvalue weighted by molar-refractivity contribution is 7.89. The summed E-state index contributed by atoms with van der Waals surface area (Å²) in [6.07, 6.45) is 1.14. The lowest BCUT2D eigenvalue weighted by Gasteiger charge is -2.14. The van der Waals surface area contributed by atoms with E-state index in [4.69, 9.17) is 14.2 Å². The number of sulfone groups is 1. The molecular formula is C19H21NO7S. The van der Waals surface area contributed by atoms with Crippen molar-refractivity contribution in [3.8, 4) is 11.5 Å². The molecule has 1 N–H and O–H groups in total. The van der Waals surface area contributed by atoms with Crippen LogP contribution in [0, 0.1) is 0 Å². The van der Waals surface area contributed by atoms with Crippen molar-refractivity contribution in [3.63, 3.8) is 0 Å². The zero-order valence-corrected chi connectivity index (χ0v) is 16.8. The van der Waals surface area contributed by atoms with Gasteiger partial charge in [0.2, 0.25) is 0 Å². The van der Waals surface area contributed by atoms with Crippen LogP contribution in [0.25, 0.3) is 0 Å². The van der Waals surface area contributed by atoms with E-state index in [1.165, 1.54) is 45.6 Å². The second-order valence-electron chi connectivity index (χ2n) is 5.97. The molecule has 0 fully saturated rings. The van der Waals surface area contributed by atoms with E-state index in [0.29, 0.717) is 22.6 Å². The molecular weight excluding hydrogens is 386 g/mol. The predicted octanol–water partition coefficient (Wildman–Crippen LogP) is 2.29. The van der Waals surface area contributed by atoms with Crippen LogP contribution in [0.3, 0.4) is 0 Å². The van der Waals surface area contributed by atoms with E-state index in [1.54, 1.807) is 12.1 Å². The Balaban J connectivity index is 2.33. The van der Waals surface area contributed by atoms with Crippen LogP contribution in [0.5, 0.6) is 11.5 Å². The fraction of sp³-hybridized carbons (Fsp3) is 0.263. The van der Waals surface area contributed by atoms with Gasteiger partial charge in [0.05, 0.1) is 38.3 Å². The molecule has 2 rings (SSSR count). The summed E-state index contributed by atoms with van der Waals surface area (Å²) in [5.41, 5.74) is 1.15. The number of ether oxygens (including phenoxy) is 3. The molecule has 0 aliphatic heterocycles. The minimum absolute atomic E-state index is 0.0993. The molecule has 9 heteroatoms. The van der Waals surface area contributed by atoms with Crippen molar-refractivity contribution in [1.29, 1.82) is 0 Å². The van der Waals surface area contributed by atoms with Crippen molar-refractivity contribution in [2.75, 3.05) is 32.9 Å². The number of carbonyl (C=O) groups is 2. The van der Waals surface area contributed by atoms with Crippen molar-refractivity contribution >= 4 is 27.4 Å². The lowest BCUT2D eigenvalue weighted by atomic mass is 10.1. The van der Waals surface area contributed by atoms with Crippen molar-refractivity contribution in [3.05, 3.63) is 53.1 Å². The first-order valence-electron chi connectivity index (χ1n) is 8.11. The van der Waals surface area contributed by atoms with Gasteiger partial charge in [-0.25, -0.2) is 13.2 Å². The molecule has 2 aromatic rings. The van der Waals surface area contributed by atoms with Crippen LogP contribution in [0.1, 0.15) is 26.3 Å². The maximum atomic E-state index is 12.6. The van der Waals surface area contributed by atoms with E-state index in [9.17, 15) is 18.0 Å². The number of methoxy groups -OCH3 is 3. The number of esters is 1. The molecule has 0 atom stereocenters. The topological polar surface area (TPSA) is 108 Å². The average molecular weight is 407 g/mol. The monoisotopic (exact) mass is 407 g/mol. The molecule has 0 saturated carbocycles. The summed E-state index contributed by atoms with van der Waals surface area (Å²) in [6, 6.07) is 9.01. The number of anilines is 1. The molecule has 0 spiro atoms. The van der Waals surface area contributed by atoms with Crippen molar-refractivity contribution in [2.45, 2.75) is 5.75 Å². The van der Waals surface area contributed by atoms with Crippen LogP contribution in [0.15, 0.2) is 36.4 Å². The summed E-state index contributed by atoms with van der Waals surface area (Å²) in [7, 11) is 0.917. The maximum absolute atomic E-state index is 12.6.